The summed E-state index contributed by atoms with van der Waals surface area (Å²) in [5.74, 6) is -1.68. The number of benzene rings is 2. The topological polar surface area (TPSA) is 70.1 Å². The summed E-state index contributed by atoms with van der Waals surface area (Å²) in [6, 6.07) is 12.2. The van der Waals surface area contributed by atoms with Crippen molar-refractivity contribution in [2.24, 2.45) is 5.73 Å². The molecule has 0 aromatic heterocycles. The van der Waals surface area contributed by atoms with Gasteiger partial charge < -0.3 is 10.6 Å². The van der Waals surface area contributed by atoms with Crippen LogP contribution in [0.2, 0.25) is 0 Å². The average molecular weight is 355 g/mol. The Kier molecular flexibility index (Phi) is 5.29. The van der Waals surface area contributed by atoms with E-state index in [0.29, 0.717) is 24.1 Å². The largest absolute Gasteiger partial charge is 0.325 e. The van der Waals surface area contributed by atoms with Gasteiger partial charge in [0.1, 0.15) is 17.7 Å². The van der Waals surface area contributed by atoms with Crippen LogP contribution in [0, 0.1) is 23.0 Å². The Morgan fingerprint density at radius 1 is 1.08 bits per heavy atom. The Morgan fingerprint density at radius 2 is 1.58 bits per heavy atom. The van der Waals surface area contributed by atoms with Crippen LogP contribution in [0.5, 0.6) is 0 Å². The number of halogens is 2. The molecule has 2 atom stereocenters. The van der Waals surface area contributed by atoms with Crippen LogP contribution in [0.15, 0.2) is 48.5 Å². The summed E-state index contributed by atoms with van der Waals surface area (Å²) in [6.45, 7) is 0.490. The number of nitrogens with zero attached hydrogens (tertiary/aromatic N) is 2. The summed E-state index contributed by atoms with van der Waals surface area (Å²) in [5, 5.41) is 9.23. The lowest BCUT2D eigenvalue weighted by atomic mass is 9.84. The number of nitriles is 1. The molecule has 3 rings (SSSR count). The number of carbonyl (C=O) groups is 1. The molecule has 134 valence electrons. The van der Waals surface area contributed by atoms with Crippen molar-refractivity contribution in [2.45, 2.75) is 30.8 Å². The lowest BCUT2D eigenvalue weighted by Gasteiger charge is -2.29. The minimum atomic E-state index is -0.958. The number of nitrogens with two attached hydrogens (primary N) is 1. The van der Waals surface area contributed by atoms with Crippen molar-refractivity contribution in [3.05, 3.63) is 71.3 Å². The highest BCUT2D eigenvalue weighted by molar-refractivity contribution is 5.84. The Labute approximate surface area is 150 Å². The van der Waals surface area contributed by atoms with Gasteiger partial charge >= 0.3 is 0 Å². The van der Waals surface area contributed by atoms with Gasteiger partial charge in [-0.3, -0.25) is 4.79 Å². The summed E-state index contributed by atoms with van der Waals surface area (Å²) in [5.41, 5.74) is 7.63. The monoisotopic (exact) mass is 355 g/mol. The van der Waals surface area contributed by atoms with Crippen molar-refractivity contribution in [2.75, 3.05) is 6.54 Å². The summed E-state index contributed by atoms with van der Waals surface area (Å²) in [6.07, 6.45) is 1.39. The molecule has 1 aliphatic rings. The number of rotatable bonds is 4. The lowest BCUT2D eigenvalue weighted by Crippen LogP contribution is -2.48. The zero-order valence-electron chi connectivity index (χ0n) is 14.1. The maximum Gasteiger partial charge on any atom is 0.241 e. The van der Waals surface area contributed by atoms with Crippen molar-refractivity contribution in [3.8, 4) is 6.07 Å². The average Bonchev–Trinajstić information content (AvgIpc) is 3.13. The van der Waals surface area contributed by atoms with Crippen LogP contribution in [-0.2, 0) is 4.79 Å². The fourth-order valence-corrected chi connectivity index (χ4v) is 3.45. The first-order valence-corrected chi connectivity index (χ1v) is 8.48. The molecule has 26 heavy (non-hydrogen) atoms. The van der Waals surface area contributed by atoms with Gasteiger partial charge in [-0.2, -0.15) is 5.26 Å². The molecule has 2 aromatic rings. The normalized spacial score (nSPS) is 18.0. The quantitative estimate of drug-likeness (QED) is 0.917. The Hall–Kier alpha value is -2.78. The lowest BCUT2D eigenvalue weighted by molar-refractivity contribution is -0.132. The van der Waals surface area contributed by atoms with Crippen LogP contribution in [0.4, 0.5) is 8.78 Å². The van der Waals surface area contributed by atoms with E-state index in [9.17, 15) is 18.8 Å². The van der Waals surface area contributed by atoms with E-state index in [1.165, 1.54) is 29.2 Å². The van der Waals surface area contributed by atoms with Crippen LogP contribution >= 0.6 is 0 Å². The molecule has 0 spiro atoms. The van der Waals surface area contributed by atoms with Crippen LogP contribution < -0.4 is 5.73 Å². The second-order valence-electron chi connectivity index (χ2n) is 6.43. The number of hydrogen-bond donors (Lipinski definition) is 1. The molecule has 0 radical (unpaired) electrons. The first kappa shape index (κ1) is 18.0. The molecular weight excluding hydrogens is 336 g/mol. The van der Waals surface area contributed by atoms with Gasteiger partial charge in [0.25, 0.3) is 0 Å². The van der Waals surface area contributed by atoms with Gasteiger partial charge in [0, 0.05) is 12.5 Å². The van der Waals surface area contributed by atoms with Crippen molar-refractivity contribution < 1.29 is 13.6 Å². The Morgan fingerprint density at radius 3 is 2.04 bits per heavy atom. The third kappa shape index (κ3) is 3.58. The Balaban J connectivity index is 1.97. The minimum absolute atomic E-state index is 0.326. The molecule has 2 unspecified atom stereocenters. The van der Waals surface area contributed by atoms with E-state index < -0.39 is 29.6 Å². The fraction of sp³-hybridized carbons (Fsp3) is 0.300. The van der Waals surface area contributed by atoms with Crippen LogP contribution in [0.25, 0.3) is 0 Å². The van der Waals surface area contributed by atoms with E-state index >= 15 is 0 Å². The highest BCUT2D eigenvalue weighted by Crippen LogP contribution is 2.30. The predicted molar refractivity (Wildman–Crippen MR) is 93.0 cm³/mol. The van der Waals surface area contributed by atoms with E-state index in [-0.39, 0.29) is 5.91 Å². The molecule has 0 saturated carbocycles. The van der Waals surface area contributed by atoms with Crippen molar-refractivity contribution in [1.29, 1.82) is 5.26 Å². The summed E-state index contributed by atoms with van der Waals surface area (Å²) >= 11 is 0. The molecule has 1 fully saturated rings. The molecule has 1 saturated heterocycles. The van der Waals surface area contributed by atoms with Crippen molar-refractivity contribution in [3.63, 3.8) is 0 Å². The second kappa shape index (κ2) is 7.63. The molecule has 0 aliphatic carbocycles. The van der Waals surface area contributed by atoms with Crippen LogP contribution in [0.3, 0.4) is 0 Å². The molecule has 1 amide bonds. The van der Waals surface area contributed by atoms with Gasteiger partial charge in [0.05, 0.1) is 12.1 Å². The molecule has 2 N–H and O–H groups in total. The summed E-state index contributed by atoms with van der Waals surface area (Å²) < 4.78 is 26.6. The molecule has 1 heterocycles. The first-order valence-electron chi connectivity index (χ1n) is 8.48. The van der Waals surface area contributed by atoms with E-state index in [4.69, 9.17) is 5.73 Å². The molecule has 6 heteroatoms. The maximum absolute atomic E-state index is 13.3. The van der Waals surface area contributed by atoms with Crippen molar-refractivity contribution in [1.82, 2.24) is 4.90 Å². The molecule has 1 aliphatic heterocycles. The maximum atomic E-state index is 13.3. The Bertz CT molecular complexity index is 769. The number of carbonyl (C=O) groups excluding carboxylic acids is 1. The summed E-state index contributed by atoms with van der Waals surface area (Å²) in [4.78, 5) is 14.4. The number of likely N-dealkylation sites (tertiary alicyclic amines) is 1. The SMILES string of the molecule is N#CC1CCCN1C(=O)C(N)C(c1ccc(F)cc1)c1ccc(F)cc1. The second-order valence-corrected chi connectivity index (χ2v) is 6.43. The fourth-order valence-electron chi connectivity index (χ4n) is 3.45. The standard InChI is InChI=1S/C20H19F2N3O/c21-15-7-3-13(4-8-15)18(14-5-9-16(22)10-6-14)19(24)20(26)25-11-1-2-17(25)12-23/h3-10,17-19H,1-2,11,24H2. The van der Waals surface area contributed by atoms with Crippen LogP contribution in [-0.4, -0.2) is 29.4 Å². The van der Waals surface area contributed by atoms with Crippen LogP contribution in [0.1, 0.15) is 29.9 Å². The molecule has 0 bridgehead atoms. The molecule has 4 nitrogen and oxygen atoms in total. The minimum Gasteiger partial charge on any atom is -0.325 e. The number of hydrogen-bond acceptors (Lipinski definition) is 3. The zero-order valence-corrected chi connectivity index (χ0v) is 14.1. The highest BCUT2D eigenvalue weighted by atomic mass is 19.1. The summed E-state index contributed by atoms with van der Waals surface area (Å²) in [7, 11) is 0. The third-order valence-corrected chi connectivity index (χ3v) is 4.79. The third-order valence-electron chi connectivity index (χ3n) is 4.79. The predicted octanol–water partition coefficient (Wildman–Crippen LogP) is 2.94. The van der Waals surface area contributed by atoms with E-state index in [2.05, 4.69) is 6.07 Å². The van der Waals surface area contributed by atoms with Crippen molar-refractivity contribution >= 4 is 5.91 Å². The van der Waals surface area contributed by atoms with Gasteiger partial charge in [0.15, 0.2) is 0 Å². The van der Waals surface area contributed by atoms with Gasteiger partial charge in [-0.1, -0.05) is 24.3 Å². The molecular formula is C20H19F2N3O. The van der Waals surface area contributed by atoms with E-state index in [0.717, 1.165) is 6.42 Å². The zero-order chi connectivity index (χ0) is 18.7. The van der Waals surface area contributed by atoms with E-state index in [1.54, 1.807) is 24.3 Å². The van der Waals surface area contributed by atoms with Gasteiger partial charge in [-0.15, -0.1) is 0 Å². The van der Waals surface area contributed by atoms with Gasteiger partial charge in [0.2, 0.25) is 5.91 Å². The molecule has 2 aromatic carbocycles. The first-order chi connectivity index (χ1) is 12.5. The van der Waals surface area contributed by atoms with E-state index in [1.807, 2.05) is 0 Å². The number of amides is 1. The van der Waals surface area contributed by atoms with Gasteiger partial charge in [-0.05, 0) is 48.2 Å². The van der Waals surface area contributed by atoms with Gasteiger partial charge in [-0.25, -0.2) is 8.78 Å². The highest BCUT2D eigenvalue weighted by Gasteiger charge is 2.36. The smallest absolute Gasteiger partial charge is 0.241 e.